The van der Waals surface area contributed by atoms with Crippen molar-refractivity contribution in [2.24, 2.45) is 0 Å². The van der Waals surface area contributed by atoms with Gasteiger partial charge in [0.2, 0.25) is 10.0 Å². The van der Waals surface area contributed by atoms with Gasteiger partial charge < -0.3 is 4.42 Å². The van der Waals surface area contributed by atoms with Gasteiger partial charge in [-0.05, 0) is 61.1 Å². The molecule has 3 aromatic rings. The molecule has 1 aromatic heterocycles. The number of sulfonamides is 1. The second-order valence-corrected chi connectivity index (χ2v) is 9.12. The van der Waals surface area contributed by atoms with Crippen molar-refractivity contribution in [3.05, 3.63) is 76.1 Å². The lowest BCUT2D eigenvalue weighted by molar-refractivity contribution is 0.314. The van der Waals surface area contributed by atoms with Gasteiger partial charge in [0, 0.05) is 17.5 Å². The third-order valence-electron chi connectivity index (χ3n) is 5.48. The van der Waals surface area contributed by atoms with Gasteiger partial charge in [0.15, 0.2) is 0 Å². The Bertz CT molecular complexity index is 1190. The van der Waals surface area contributed by atoms with E-state index in [0.29, 0.717) is 11.0 Å². The van der Waals surface area contributed by atoms with E-state index in [-0.39, 0.29) is 17.0 Å². The number of rotatable bonds is 4. The second-order valence-electron chi connectivity index (χ2n) is 7.27. The molecule has 2 aromatic carbocycles. The van der Waals surface area contributed by atoms with E-state index in [4.69, 9.17) is 4.42 Å². The lowest BCUT2D eigenvalue weighted by Crippen LogP contribution is -2.36. The van der Waals surface area contributed by atoms with E-state index in [2.05, 4.69) is 6.07 Å². The van der Waals surface area contributed by atoms with Gasteiger partial charge in [-0.15, -0.1) is 0 Å². The Labute approximate surface area is 157 Å². The van der Waals surface area contributed by atoms with Crippen LogP contribution in [0.4, 0.5) is 0 Å². The van der Waals surface area contributed by atoms with Crippen molar-refractivity contribution in [2.45, 2.75) is 42.7 Å². The minimum atomic E-state index is -3.65. The van der Waals surface area contributed by atoms with Crippen molar-refractivity contribution in [1.82, 2.24) is 4.31 Å². The molecule has 0 spiro atoms. The van der Waals surface area contributed by atoms with Gasteiger partial charge in [-0.3, -0.25) is 0 Å². The predicted molar refractivity (Wildman–Crippen MR) is 102 cm³/mol. The summed E-state index contributed by atoms with van der Waals surface area (Å²) < 4.78 is 34.0. The molecule has 5 rings (SSSR count). The van der Waals surface area contributed by atoms with Crippen molar-refractivity contribution >= 4 is 21.0 Å². The lowest BCUT2D eigenvalue weighted by atomic mass is 10.1. The van der Waals surface area contributed by atoms with E-state index in [1.54, 1.807) is 22.5 Å². The van der Waals surface area contributed by atoms with Gasteiger partial charge in [0.1, 0.15) is 5.58 Å². The molecule has 5 nitrogen and oxygen atoms in total. The van der Waals surface area contributed by atoms with Crippen LogP contribution in [0.15, 0.2) is 68.7 Å². The molecule has 138 valence electrons. The lowest BCUT2D eigenvalue weighted by Gasteiger charge is -2.29. The Morgan fingerprint density at radius 1 is 0.963 bits per heavy atom. The van der Waals surface area contributed by atoms with Crippen LogP contribution in [0.2, 0.25) is 0 Å². The molecule has 6 heteroatoms. The Balaban J connectivity index is 1.60. The number of aryl methyl sites for hydroxylation is 1. The number of benzene rings is 2. The highest BCUT2D eigenvalue weighted by Gasteiger charge is 2.44. The zero-order valence-corrected chi connectivity index (χ0v) is 15.5. The molecular weight excluding hydrogens is 362 g/mol. The quantitative estimate of drug-likeness (QED) is 0.647. The summed E-state index contributed by atoms with van der Waals surface area (Å²) in [5.74, 6) is 0. The Morgan fingerprint density at radius 3 is 2.59 bits per heavy atom. The third-order valence-corrected chi connectivity index (χ3v) is 7.44. The van der Waals surface area contributed by atoms with Gasteiger partial charge in [-0.25, -0.2) is 13.2 Å². The van der Waals surface area contributed by atoms with Crippen LogP contribution < -0.4 is 5.63 Å². The topological polar surface area (TPSA) is 67.6 Å². The summed E-state index contributed by atoms with van der Waals surface area (Å²) in [6.07, 6.45) is 3.53. The van der Waals surface area contributed by atoms with Gasteiger partial charge >= 0.3 is 5.63 Å². The molecule has 2 aliphatic rings. The van der Waals surface area contributed by atoms with Crippen LogP contribution in [0.25, 0.3) is 11.0 Å². The minimum Gasteiger partial charge on any atom is -0.423 e. The molecule has 1 saturated carbocycles. The highest BCUT2D eigenvalue weighted by molar-refractivity contribution is 7.89. The monoisotopic (exact) mass is 381 g/mol. The minimum absolute atomic E-state index is 0.0653. The SMILES string of the molecule is O=c1ccc2cc(S(=O)(=O)N(C3CC3)C3CCc4ccccc43)ccc2o1. The van der Waals surface area contributed by atoms with Crippen LogP contribution >= 0.6 is 0 Å². The number of hydrogen-bond donors (Lipinski definition) is 0. The first kappa shape index (κ1) is 16.7. The van der Waals surface area contributed by atoms with Crippen LogP contribution in [0, 0.1) is 0 Å². The smallest absolute Gasteiger partial charge is 0.336 e. The molecule has 0 bridgehead atoms. The largest absolute Gasteiger partial charge is 0.423 e. The molecule has 1 heterocycles. The molecule has 27 heavy (non-hydrogen) atoms. The normalized spacial score (nSPS) is 19.5. The Morgan fingerprint density at radius 2 is 1.78 bits per heavy atom. The fourth-order valence-electron chi connectivity index (χ4n) is 4.08. The van der Waals surface area contributed by atoms with E-state index < -0.39 is 15.6 Å². The summed E-state index contributed by atoms with van der Waals surface area (Å²) in [6.45, 7) is 0. The molecule has 1 fully saturated rings. The van der Waals surface area contributed by atoms with Gasteiger partial charge in [-0.2, -0.15) is 4.31 Å². The van der Waals surface area contributed by atoms with E-state index >= 15 is 0 Å². The maximum absolute atomic E-state index is 13.6. The molecular formula is C21H19NO4S. The number of nitrogens with zero attached hydrogens (tertiary/aromatic N) is 1. The van der Waals surface area contributed by atoms with E-state index in [0.717, 1.165) is 31.2 Å². The average molecular weight is 381 g/mol. The number of fused-ring (bicyclic) bond motifs is 2. The van der Waals surface area contributed by atoms with Crippen LogP contribution in [0.3, 0.4) is 0 Å². The zero-order chi connectivity index (χ0) is 18.6. The molecule has 2 aliphatic carbocycles. The van der Waals surface area contributed by atoms with Crippen molar-refractivity contribution in [3.63, 3.8) is 0 Å². The summed E-state index contributed by atoms with van der Waals surface area (Å²) in [5.41, 5.74) is 2.31. The van der Waals surface area contributed by atoms with Crippen molar-refractivity contribution in [2.75, 3.05) is 0 Å². The summed E-state index contributed by atoms with van der Waals surface area (Å²) >= 11 is 0. The molecule has 0 aliphatic heterocycles. The highest BCUT2D eigenvalue weighted by atomic mass is 32.2. The summed E-state index contributed by atoms with van der Waals surface area (Å²) in [4.78, 5) is 11.6. The van der Waals surface area contributed by atoms with Crippen LogP contribution in [-0.4, -0.2) is 18.8 Å². The maximum atomic E-state index is 13.6. The summed E-state index contributed by atoms with van der Waals surface area (Å²) in [5, 5.41) is 0.609. The third kappa shape index (κ3) is 2.80. The Hall–Kier alpha value is -2.44. The first-order chi connectivity index (χ1) is 13.0. The zero-order valence-electron chi connectivity index (χ0n) is 14.7. The van der Waals surface area contributed by atoms with Gasteiger partial charge in [-0.1, -0.05) is 24.3 Å². The predicted octanol–water partition coefficient (Wildman–Crippen LogP) is 3.63. The molecule has 0 radical (unpaired) electrons. The van der Waals surface area contributed by atoms with E-state index in [1.165, 1.54) is 17.7 Å². The van der Waals surface area contributed by atoms with E-state index in [1.807, 2.05) is 18.2 Å². The standard InChI is InChI=1S/C21H19NO4S/c23-21-12-6-15-13-17(9-11-20(15)26-21)27(24,25)22(16-7-8-16)19-10-5-14-3-1-2-4-18(14)19/h1-4,6,9,11-13,16,19H,5,7-8,10H2. The second kappa shape index (κ2) is 6.04. The van der Waals surface area contributed by atoms with Gasteiger partial charge in [0.05, 0.1) is 10.9 Å². The van der Waals surface area contributed by atoms with E-state index in [9.17, 15) is 13.2 Å². The molecule has 1 unspecified atom stereocenters. The summed E-state index contributed by atoms with van der Waals surface area (Å²) in [6, 6.07) is 15.7. The number of hydrogen-bond acceptors (Lipinski definition) is 4. The fraction of sp³-hybridized carbons (Fsp3) is 0.286. The molecule has 0 saturated heterocycles. The summed E-state index contributed by atoms with van der Waals surface area (Å²) in [7, 11) is -3.65. The van der Waals surface area contributed by atoms with Crippen LogP contribution in [-0.2, 0) is 16.4 Å². The van der Waals surface area contributed by atoms with Gasteiger partial charge in [0.25, 0.3) is 0 Å². The maximum Gasteiger partial charge on any atom is 0.336 e. The molecule has 0 amide bonds. The van der Waals surface area contributed by atoms with Crippen LogP contribution in [0.1, 0.15) is 36.4 Å². The first-order valence-corrected chi connectivity index (χ1v) is 10.6. The highest BCUT2D eigenvalue weighted by Crippen LogP contribution is 2.45. The average Bonchev–Trinajstić information content (AvgIpc) is 3.41. The van der Waals surface area contributed by atoms with Crippen molar-refractivity contribution in [1.29, 1.82) is 0 Å². The molecule has 0 N–H and O–H groups in total. The Kier molecular flexibility index (Phi) is 3.74. The van der Waals surface area contributed by atoms with Crippen LogP contribution in [0.5, 0.6) is 0 Å². The fourth-order valence-corrected chi connectivity index (χ4v) is 6.00. The first-order valence-electron chi connectivity index (χ1n) is 9.19. The van der Waals surface area contributed by atoms with Crippen molar-refractivity contribution < 1.29 is 12.8 Å². The van der Waals surface area contributed by atoms with Crippen molar-refractivity contribution in [3.8, 4) is 0 Å². The molecule has 1 atom stereocenters.